The van der Waals surface area contributed by atoms with Gasteiger partial charge in [-0.25, -0.2) is 13.4 Å². The second-order valence-corrected chi connectivity index (χ2v) is 12.2. The minimum atomic E-state index is -4.83. The number of hydrogen-bond donors (Lipinski definition) is 2. The fraction of sp³-hybridized carbons (Fsp3) is 0.455. The van der Waals surface area contributed by atoms with Gasteiger partial charge in [-0.3, -0.25) is 4.79 Å². The molecule has 10 nitrogen and oxygen atoms in total. The number of alkyl halides is 3. The van der Waals surface area contributed by atoms with Crippen molar-refractivity contribution in [2.45, 2.75) is 57.3 Å². The van der Waals surface area contributed by atoms with Crippen LogP contribution < -0.4 is 4.72 Å². The molecule has 0 saturated heterocycles. The summed E-state index contributed by atoms with van der Waals surface area (Å²) in [6, 6.07) is -0.186. The average Bonchev–Trinajstić information content (AvgIpc) is 3.48. The van der Waals surface area contributed by atoms with E-state index in [0.717, 1.165) is 17.4 Å². The van der Waals surface area contributed by atoms with Crippen LogP contribution in [0.2, 0.25) is 10.0 Å². The first-order chi connectivity index (χ1) is 17.9. The third-order valence-electron chi connectivity index (χ3n) is 5.42. The molecule has 2 aromatic heterocycles. The van der Waals surface area contributed by atoms with Gasteiger partial charge in [0.2, 0.25) is 15.9 Å². The lowest BCUT2D eigenvalue weighted by Crippen LogP contribution is -2.43. The summed E-state index contributed by atoms with van der Waals surface area (Å²) in [5.74, 6) is -0.671. The van der Waals surface area contributed by atoms with Crippen molar-refractivity contribution < 1.29 is 35.9 Å². The van der Waals surface area contributed by atoms with Crippen LogP contribution in [0.4, 0.5) is 13.2 Å². The molecule has 0 aliphatic rings. The van der Waals surface area contributed by atoms with Gasteiger partial charge in [-0.2, -0.15) is 17.9 Å². The van der Waals surface area contributed by atoms with E-state index in [4.69, 9.17) is 27.6 Å². The van der Waals surface area contributed by atoms with Crippen molar-refractivity contribution in [3.05, 3.63) is 33.8 Å². The number of aliphatic hydroxyl groups is 1. The number of thiazole rings is 1. The third-order valence-corrected chi connectivity index (χ3v) is 9.07. The predicted octanol–water partition coefficient (Wildman–Crippen LogP) is 5.11. The quantitative estimate of drug-likeness (QED) is 0.333. The summed E-state index contributed by atoms with van der Waals surface area (Å²) in [4.78, 5) is 18.7. The third kappa shape index (κ3) is 6.55. The first kappa shape index (κ1) is 31.2. The molecule has 39 heavy (non-hydrogen) atoms. The van der Waals surface area contributed by atoms with E-state index in [9.17, 15) is 31.5 Å². The number of hydrogen-bond acceptors (Lipinski definition) is 9. The van der Waals surface area contributed by atoms with Gasteiger partial charge in [0.05, 0.1) is 14.9 Å². The average molecular weight is 630 g/mol. The normalized spacial score (nSPS) is 13.5. The highest BCUT2D eigenvalue weighted by Gasteiger charge is 2.39. The fourth-order valence-corrected chi connectivity index (χ4v) is 6.40. The molecule has 17 heteroatoms. The van der Waals surface area contributed by atoms with Gasteiger partial charge >= 0.3 is 6.18 Å². The Balaban J connectivity index is 2.17. The van der Waals surface area contributed by atoms with Crippen molar-refractivity contribution >= 4 is 50.5 Å². The molecular weight excluding hydrogens is 606 g/mol. The van der Waals surface area contributed by atoms with Crippen LogP contribution >= 0.6 is 34.5 Å². The summed E-state index contributed by atoms with van der Waals surface area (Å²) < 4.78 is 71.2. The van der Waals surface area contributed by atoms with Gasteiger partial charge in [0.15, 0.2) is 5.01 Å². The van der Waals surface area contributed by atoms with Gasteiger partial charge in [0, 0.05) is 18.7 Å². The van der Waals surface area contributed by atoms with E-state index in [1.165, 1.54) is 29.5 Å². The summed E-state index contributed by atoms with van der Waals surface area (Å²) in [7, 11) is -4.72. The monoisotopic (exact) mass is 629 g/mol. The Hall–Kier alpha value is -2.30. The van der Waals surface area contributed by atoms with Crippen LogP contribution in [0.1, 0.15) is 51.0 Å². The minimum absolute atomic E-state index is 0.0703. The number of aromatic nitrogens is 3. The minimum Gasteiger partial charge on any atom is -0.415 e. The number of nitrogens with zero attached hydrogens (tertiary/aromatic N) is 4. The van der Waals surface area contributed by atoms with Gasteiger partial charge in [-0.15, -0.1) is 21.5 Å². The van der Waals surface area contributed by atoms with E-state index in [1.54, 1.807) is 13.8 Å². The smallest absolute Gasteiger partial charge is 0.404 e. The van der Waals surface area contributed by atoms with Gasteiger partial charge in [-0.1, -0.05) is 29.3 Å². The molecule has 0 fully saturated rings. The second-order valence-electron chi connectivity index (χ2n) is 8.77. The van der Waals surface area contributed by atoms with E-state index in [1.807, 2.05) is 0 Å². The number of nitrogens with one attached hydrogen (secondary N) is 1. The lowest BCUT2D eigenvalue weighted by Gasteiger charge is -2.19. The highest BCUT2D eigenvalue weighted by atomic mass is 35.5. The van der Waals surface area contributed by atoms with Crippen molar-refractivity contribution in [1.82, 2.24) is 24.8 Å². The van der Waals surface area contributed by atoms with E-state index < -0.39 is 43.7 Å². The first-order valence-electron chi connectivity index (χ1n) is 11.4. The second kappa shape index (κ2) is 11.3. The fourth-order valence-electron chi connectivity index (χ4n) is 3.23. The first-order valence-corrected chi connectivity index (χ1v) is 14.4. The maximum absolute atomic E-state index is 13.3. The zero-order valence-electron chi connectivity index (χ0n) is 21.2. The topological polar surface area (TPSA) is 139 Å². The molecule has 3 rings (SSSR count). The molecule has 0 unspecified atom stereocenters. The Labute approximate surface area is 236 Å². The Morgan fingerprint density at radius 2 is 1.79 bits per heavy atom. The van der Waals surface area contributed by atoms with Crippen LogP contribution in [0.15, 0.2) is 21.4 Å². The van der Waals surface area contributed by atoms with Crippen LogP contribution in [0, 0.1) is 0 Å². The van der Waals surface area contributed by atoms with Gasteiger partial charge in [-0.05, 0) is 40.7 Å². The molecule has 1 aromatic carbocycles. The SMILES string of the molecule is CCN(CC)C(=O)c1nc(-c2nnc(C(C)(C)O)o2)sc1-c1ccc(S(=O)(=O)N[C@@H](C)C(F)(F)F)c(Cl)c1Cl. The molecule has 214 valence electrons. The molecule has 0 saturated carbocycles. The lowest BCUT2D eigenvalue weighted by atomic mass is 10.1. The predicted molar refractivity (Wildman–Crippen MR) is 139 cm³/mol. The zero-order valence-corrected chi connectivity index (χ0v) is 24.4. The highest BCUT2D eigenvalue weighted by Crippen LogP contribution is 2.43. The Kier molecular flexibility index (Phi) is 9.04. The van der Waals surface area contributed by atoms with Gasteiger partial charge in [0.25, 0.3) is 11.8 Å². The number of rotatable bonds is 9. The molecular formula is C22H24Cl2F3N5O5S2. The number of benzene rings is 1. The summed E-state index contributed by atoms with van der Waals surface area (Å²) >= 11 is 13.6. The van der Waals surface area contributed by atoms with Crippen molar-refractivity contribution in [1.29, 1.82) is 0 Å². The van der Waals surface area contributed by atoms with E-state index in [2.05, 4.69) is 15.2 Å². The number of halogens is 5. The molecule has 0 aliphatic carbocycles. The van der Waals surface area contributed by atoms with Crippen LogP contribution in [-0.4, -0.2) is 64.8 Å². The van der Waals surface area contributed by atoms with Crippen LogP contribution in [-0.2, 0) is 15.6 Å². The Morgan fingerprint density at radius 3 is 2.31 bits per heavy atom. The van der Waals surface area contributed by atoms with Crippen molar-refractivity contribution in [3.63, 3.8) is 0 Å². The zero-order chi connectivity index (χ0) is 29.5. The summed E-state index contributed by atoms with van der Waals surface area (Å²) in [5.41, 5.74) is -1.41. The van der Waals surface area contributed by atoms with Gasteiger partial charge in [0.1, 0.15) is 22.2 Å². The highest BCUT2D eigenvalue weighted by molar-refractivity contribution is 7.89. The molecule has 0 radical (unpaired) electrons. The molecule has 2 heterocycles. The standard InChI is InChI=1S/C22H24Cl2F3N5O5S2/c1-6-32(7-2)19(33)15-16(38-18(28-15)17-29-30-20(37-17)21(4,5)34)11-8-9-12(14(24)13(11)23)39(35,36)31-10(3)22(25,26)27/h8-10,31,34H,6-7H2,1-5H3/t10-/m0/s1. The summed E-state index contributed by atoms with van der Waals surface area (Å²) in [6.45, 7) is 7.75. The van der Waals surface area contributed by atoms with Crippen molar-refractivity contribution in [3.8, 4) is 21.3 Å². The van der Waals surface area contributed by atoms with Crippen LogP contribution in [0.5, 0.6) is 0 Å². The lowest BCUT2D eigenvalue weighted by molar-refractivity contribution is -0.147. The molecule has 2 N–H and O–H groups in total. The molecule has 0 spiro atoms. The molecule has 0 bridgehead atoms. The van der Waals surface area contributed by atoms with E-state index in [0.29, 0.717) is 20.0 Å². The van der Waals surface area contributed by atoms with Crippen molar-refractivity contribution in [2.24, 2.45) is 0 Å². The number of amides is 1. The summed E-state index contributed by atoms with van der Waals surface area (Å²) in [5, 5.41) is 17.1. The van der Waals surface area contributed by atoms with Crippen LogP contribution in [0.25, 0.3) is 21.3 Å². The molecule has 0 aliphatic heterocycles. The van der Waals surface area contributed by atoms with Gasteiger partial charge < -0.3 is 14.4 Å². The molecule has 1 amide bonds. The number of sulfonamides is 1. The van der Waals surface area contributed by atoms with Crippen LogP contribution in [0.3, 0.4) is 0 Å². The Morgan fingerprint density at radius 1 is 1.18 bits per heavy atom. The van der Waals surface area contributed by atoms with Crippen molar-refractivity contribution in [2.75, 3.05) is 13.1 Å². The largest absolute Gasteiger partial charge is 0.415 e. The molecule has 3 aromatic rings. The van der Waals surface area contributed by atoms with E-state index >= 15 is 0 Å². The maximum Gasteiger partial charge on any atom is 0.404 e. The van der Waals surface area contributed by atoms with E-state index in [-0.39, 0.29) is 37.9 Å². The summed E-state index contributed by atoms with van der Waals surface area (Å²) in [6.07, 6.45) is -4.83. The molecule has 1 atom stereocenters. The Bertz CT molecular complexity index is 1480. The maximum atomic E-state index is 13.3. The number of carbonyl (C=O) groups is 1. The number of carbonyl (C=O) groups excluding carboxylic acids is 1.